The summed E-state index contributed by atoms with van der Waals surface area (Å²) in [7, 11) is -3.67. The summed E-state index contributed by atoms with van der Waals surface area (Å²) in [6, 6.07) is 6.20. The summed E-state index contributed by atoms with van der Waals surface area (Å²) in [6.45, 7) is 0.710. The van der Waals surface area contributed by atoms with E-state index in [4.69, 9.17) is 15.7 Å². The first kappa shape index (κ1) is 13.4. The molecule has 2 N–H and O–H groups in total. The highest BCUT2D eigenvalue weighted by atomic mass is 32.2. The smallest absolute Gasteiger partial charge is 0.244 e. The molecule has 2 aliphatic heterocycles. The molecule has 1 aromatic carbocycles. The van der Waals surface area contributed by atoms with Crippen LogP contribution in [0, 0.1) is 11.3 Å². The molecule has 6 nitrogen and oxygen atoms in total. The maximum Gasteiger partial charge on any atom is 0.244 e. The topological polar surface area (TPSA) is 96.4 Å². The highest BCUT2D eigenvalue weighted by Gasteiger charge is 2.40. The van der Waals surface area contributed by atoms with Crippen molar-refractivity contribution >= 4 is 15.7 Å². The van der Waals surface area contributed by atoms with Gasteiger partial charge in [-0.3, -0.25) is 0 Å². The van der Waals surface area contributed by atoms with Crippen molar-refractivity contribution in [2.45, 2.75) is 29.9 Å². The monoisotopic (exact) mass is 293 g/mol. The first-order valence-electron chi connectivity index (χ1n) is 6.46. The molecule has 7 heteroatoms. The van der Waals surface area contributed by atoms with Gasteiger partial charge in [0.25, 0.3) is 0 Å². The van der Waals surface area contributed by atoms with E-state index >= 15 is 0 Å². The Bertz CT molecular complexity index is 669. The lowest BCUT2D eigenvalue weighted by Crippen LogP contribution is -2.45. The van der Waals surface area contributed by atoms with Gasteiger partial charge in [-0.1, -0.05) is 0 Å². The third-order valence-electron chi connectivity index (χ3n) is 3.75. The average Bonchev–Trinajstić information content (AvgIpc) is 2.76. The number of rotatable bonds is 2. The van der Waals surface area contributed by atoms with Crippen LogP contribution in [0.5, 0.6) is 0 Å². The normalized spacial score (nSPS) is 26.4. The summed E-state index contributed by atoms with van der Waals surface area (Å²) in [6.07, 6.45) is 1.73. The third-order valence-corrected chi connectivity index (χ3v) is 5.64. The zero-order valence-electron chi connectivity index (χ0n) is 10.8. The summed E-state index contributed by atoms with van der Waals surface area (Å²) in [5.74, 6) is 0. The van der Waals surface area contributed by atoms with Gasteiger partial charge in [0.1, 0.15) is 11.0 Å². The molecule has 1 aromatic rings. The fraction of sp³-hybridized carbons (Fsp3) is 0.462. The Labute approximate surface area is 117 Å². The van der Waals surface area contributed by atoms with Gasteiger partial charge in [0.05, 0.1) is 17.8 Å². The largest absolute Gasteiger partial charge is 0.399 e. The molecule has 0 spiro atoms. The van der Waals surface area contributed by atoms with Crippen molar-refractivity contribution in [2.24, 2.45) is 0 Å². The molecule has 0 aromatic heterocycles. The minimum Gasteiger partial charge on any atom is -0.399 e. The van der Waals surface area contributed by atoms with Crippen LogP contribution in [0.25, 0.3) is 0 Å². The van der Waals surface area contributed by atoms with Crippen LogP contribution in [0.1, 0.15) is 18.4 Å². The molecule has 2 aliphatic rings. The van der Waals surface area contributed by atoms with Crippen LogP contribution < -0.4 is 5.73 Å². The Hall–Kier alpha value is -1.62. The van der Waals surface area contributed by atoms with Gasteiger partial charge in [0, 0.05) is 18.8 Å². The predicted molar refractivity (Wildman–Crippen MR) is 72.2 cm³/mol. The second-order valence-corrected chi connectivity index (χ2v) is 7.05. The number of nitriles is 1. The number of fused-ring (bicyclic) bond motifs is 2. The van der Waals surface area contributed by atoms with Gasteiger partial charge in [-0.2, -0.15) is 9.57 Å². The van der Waals surface area contributed by atoms with E-state index in [9.17, 15) is 8.42 Å². The van der Waals surface area contributed by atoms with Crippen molar-refractivity contribution in [3.8, 4) is 6.07 Å². The second kappa shape index (κ2) is 4.74. The number of anilines is 1. The van der Waals surface area contributed by atoms with Crippen molar-refractivity contribution in [1.29, 1.82) is 5.26 Å². The Morgan fingerprint density at radius 1 is 1.30 bits per heavy atom. The summed E-state index contributed by atoms with van der Waals surface area (Å²) in [5, 5.41) is 9.11. The van der Waals surface area contributed by atoms with Crippen molar-refractivity contribution < 1.29 is 13.2 Å². The van der Waals surface area contributed by atoms with Crippen LogP contribution in [0.4, 0.5) is 5.69 Å². The minimum atomic E-state index is -3.67. The van der Waals surface area contributed by atoms with E-state index in [0.29, 0.717) is 18.8 Å². The summed E-state index contributed by atoms with van der Waals surface area (Å²) < 4.78 is 32.4. The molecule has 0 amide bonds. The molecule has 0 saturated carbocycles. The lowest BCUT2D eigenvalue weighted by atomic mass is 10.2. The molecule has 0 radical (unpaired) electrons. The van der Waals surface area contributed by atoms with E-state index in [-0.39, 0.29) is 22.7 Å². The number of hydrogen-bond donors (Lipinski definition) is 1. The van der Waals surface area contributed by atoms with Crippen LogP contribution >= 0.6 is 0 Å². The van der Waals surface area contributed by atoms with Gasteiger partial charge in [0.2, 0.25) is 10.0 Å². The molecule has 2 fully saturated rings. The molecular formula is C13H15N3O3S. The maximum absolute atomic E-state index is 12.7. The Kier molecular flexibility index (Phi) is 3.17. The van der Waals surface area contributed by atoms with Crippen LogP contribution in [-0.4, -0.2) is 38.0 Å². The standard InChI is InChI=1S/C13H15N3O3S/c14-6-9-5-10(15)1-4-13(9)20(17,18)16-7-11-2-3-12(8-16)19-11/h1,4-5,11-12H,2-3,7-8,15H2. The van der Waals surface area contributed by atoms with Crippen LogP contribution in [0.15, 0.2) is 23.1 Å². The average molecular weight is 293 g/mol. The molecular weight excluding hydrogens is 278 g/mol. The number of nitrogens with two attached hydrogens (primary N) is 1. The Balaban J connectivity index is 1.98. The van der Waals surface area contributed by atoms with Gasteiger partial charge in [-0.05, 0) is 31.0 Å². The SMILES string of the molecule is N#Cc1cc(N)ccc1S(=O)(=O)N1CC2CCC(C1)O2. The molecule has 106 valence electrons. The highest BCUT2D eigenvalue weighted by Crippen LogP contribution is 2.31. The van der Waals surface area contributed by atoms with E-state index in [1.807, 2.05) is 6.07 Å². The number of nitrogens with zero attached hydrogens (tertiary/aromatic N) is 2. The van der Waals surface area contributed by atoms with Crippen molar-refractivity contribution in [3.63, 3.8) is 0 Å². The van der Waals surface area contributed by atoms with Crippen LogP contribution in [0.2, 0.25) is 0 Å². The quantitative estimate of drug-likeness (QED) is 0.809. The lowest BCUT2D eigenvalue weighted by molar-refractivity contribution is -0.0114. The number of nitrogen functional groups attached to an aromatic ring is 1. The van der Waals surface area contributed by atoms with E-state index in [1.165, 1.54) is 22.5 Å². The van der Waals surface area contributed by atoms with E-state index in [2.05, 4.69) is 0 Å². The summed E-state index contributed by atoms with van der Waals surface area (Å²) in [5.41, 5.74) is 6.06. The molecule has 2 saturated heterocycles. The fourth-order valence-electron chi connectivity index (χ4n) is 2.77. The van der Waals surface area contributed by atoms with E-state index in [0.717, 1.165) is 12.8 Å². The lowest BCUT2D eigenvalue weighted by Gasteiger charge is -2.31. The number of sulfonamides is 1. The summed E-state index contributed by atoms with van der Waals surface area (Å²) >= 11 is 0. The first-order valence-corrected chi connectivity index (χ1v) is 7.90. The first-order chi connectivity index (χ1) is 9.50. The van der Waals surface area contributed by atoms with E-state index < -0.39 is 10.0 Å². The molecule has 2 atom stereocenters. The number of benzene rings is 1. The highest BCUT2D eigenvalue weighted by molar-refractivity contribution is 7.89. The van der Waals surface area contributed by atoms with Crippen LogP contribution in [-0.2, 0) is 14.8 Å². The van der Waals surface area contributed by atoms with Gasteiger partial charge >= 0.3 is 0 Å². The molecule has 0 aliphatic carbocycles. The Morgan fingerprint density at radius 2 is 1.95 bits per heavy atom. The number of ether oxygens (including phenoxy) is 1. The molecule has 2 unspecified atom stereocenters. The zero-order chi connectivity index (χ0) is 14.3. The van der Waals surface area contributed by atoms with Crippen molar-refractivity contribution in [3.05, 3.63) is 23.8 Å². The van der Waals surface area contributed by atoms with Crippen molar-refractivity contribution in [1.82, 2.24) is 4.31 Å². The maximum atomic E-state index is 12.7. The Morgan fingerprint density at radius 3 is 2.55 bits per heavy atom. The number of morpholine rings is 1. The summed E-state index contributed by atoms with van der Waals surface area (Å²) in [4.78, 5) is 0.0236. The third kappa shape index (κ3) is 2.16. The molecule has 3 rings (SSSR count). The molecule has 2 bridgehead atoms. The fourth-order valence-corrected chi connectivity index (χ4v) is 4.40. The molecule has 2 heterocycles. The number of hydrogen-bond acceptors (Lipinski definition) is 5. The zero-order valence-corrected chi connectivity index (χ0v) is 11.6. The van der Waals surface area contributed by atoms with Gasteiger partial charge in [0.15, 0.2) is 0 Å². The molecule has 20 heavy (non-hydrogen) atoms. The predicted octanol–water partition coefficient (Wildman–Crippen LogP) is 0.692. The van der Waals surface area contributed by atoms with Crippen molar-refractivity contribution in [2.75, 3.05) is 18.8 Å². The second-order valence-electron chi connectivity index (χ2n) is 5.15. The van der Waals surface area contributed by atoms with Gasteiger partial charge < -0.3 is 10.5 Å². The minimum absolute atomic E-state index is 0.0236. The van der Waals surface area contributed by atoms with Gasteiger partial charge in [-0.15, -0.1) is 0 Å². The van der Waals surface area contributed by atoms with Crippen LogP contribution in [0.3, 0.4) is 0 Å². The van der Waals surface area contributed by atoms with E-state index in [1.54, 1.807) is 0 Å². The van der Waals surface area contributed by atoms with Gasteiger partial charge in [-0.25, -0.2) is 8.42 Å².